The van der Waals surface area contributed by atoms with E-state index in [0.717, 1.165) is 4.31 Å². The molecule has 0 aliphatic heterocycles. The number of amides is 1. The van der Waals surface area contributed by atoms with Gasteiger partial charge in [0.2, 0.25) is 15.9 Å². The Morgan fingerprint density at radius 2 is 1.75 bits per heavy atom. The van der Waals surface area contributed by atoms with Crippen LogP contribution in [0.1, 0.15) is 6.92 Å². The Bertz CT molecular complexity index is 823. The fourth-order valence-corrected chi connectivity index (χ4v) is 3.77. The Morgan fingerprint density at radius 1 is 1.08 bits per heavy atom. The van der Waals surface area contributed by atoms with E-state index < -0.39 is 15.9 Å². The molecule has 0 aromatic heterocycles. The number of halogens is 2. The molecule has 2 rings (SSSR count). The number of carbonyl (C=O) groups excluding carboxylic acids is 1. The molecule has 5 nitrogen and oxygen atoms in total. The van der Waals surface area contributed by atoms with Crippen molar-refractivity contribution in [3.05, 3.63) is 58.6 Å². The normalized spacial score (nSPS) is 11.5. The van der Waals surface area contributed by atoms with Gasteiger partial charge in [0.15, 0.2) is 0 Å². The van der Waals surface area contributed by atoms with Crippen LogP contribution in [0.25, 0.3) is 0 Å². The van der Waals surface area contributed by atoms with Gasteiger partial charge >= 0.3 is 0 Å². The van der Waals surface area contributed by atoms with Crippen LogP contribution in [0.3, 0.4) is 0 Å². The second kappa shape index (κ2) is 7.98. The van der Waals surface area contributed by atoms with Crippen LogP contribution in [0.15, 0.2) is 53.4 Å². The number of nitrogens with zero attached hydrogens (tertiary/aromatic N) is 1. The van der Waals surface area contributed by atoms with Gasteiger partial charge < -0.3 is 5.32 Å². The van der Waals surface area contributed by atoms with E-state index in [1.54, 1.807) is 31.2 Å². The summed E-state index contributed by atoms with van der Waals surface area (Å²) in [4.78, 5) is 12.2. The lowest BCUT2D eigenvalue weighted by atomic mass is 10.3. The molecular weight excluding hydrogens is 371 g/mol. The van der Waals surface area contributed by atoms with Gasteiger partial charge in [0, 0.05) is 22.3 Å². The molecule has 1 N–H and O–H groups in total. The van der Waals surface area contributed by atoms with Crippen molar-refractivity contribution < 1.29 is 13.2 Å². The second-order valence-corrected chi connectivity index (χ2v) is 7.75. The Labute approximate surface area is 151 Å². The quantitative estimate of drug-likeness (QED) is 0.823. The van der Waals surface area contributed by atoms with Crippen LogP contribution in [0, 0.1) is 0 Å². The summed E-state index contributed by atoms with van der Waals surface area (Å²) in [7, 11) is -3.78. The molecule has 0 aliphatic rings. The molecule has 0 heterocycles. The summed E-state index contributed by atoms with van der Waals surface area (Å²) in [6.45, 7) is 1.53. The lowest BCUT2D eigenvalue weighted by Crippen LogP contribution is -2.37. The van der Waals surface area contributed by atoms with Crippen molar-refractivity contribution in [2.45, 2.75) is 11.8 Å². The van der Waals surface area contributed by atoms with Crippen molar-refractivity contribution in [3.8, 4) is 0 Å². The highest BCUT2D eigenvalue weighted by molar-refractivity contribution is 7.89. The van der Waals surface area contributed by atoms with Gasteiger partial charge in [-0.05, 0) is 42.5 Å². The van der Waals surface area contributed by atoms with Gasteiger partial charge in [0.05, 0.1) is 11.4 Å². The molecule has 0 saturated carbocycles. The number of sulfonamides is 1. The number of likely N-dealkylation sites (N-methyl/N-ethyl adjacent to an activating group) is 1. The summed E-state index contributed by atoms with van der Waals surface area (Å²) in [6.07, 6.45) is 0. The highest BCUT2D eigenvalue weighted by Gasteiger charge is 2.25. The van der Waals surface area contributed by atoms with Crippen molar-refractivity contribution in [2.24, 2.45) is 0 Å². The van der Waals surface area contributed by atoms with Crippen LogP contribution in [-0.2, 0) is 14.8 Å². The summed E-state index contributed by atoms with van der Waals surface area (Å²) in [5.74, 6) is -0.448. The van der Waals surface area contributed by atoms with Gasteiger partial charge in [-0.3, -0.25) is 4.79 Å². The Morgan fingerprint density at radius 3 is 2.33 bits per heavy atom. The van der Waals surface area contributed by atoms with Crippen molar-refractivity contribution in [1.29, 1.82) is 0 Å². The number of carbonyl (C=O) groups is 1. The van der Waals surface area contributed by atoms with Gasteiger partial charge in [-0.2, -0.15) is 4.31 Å². The molecule has 2 aromatic rings. The maximum Gasteiger partial charge on any atom is 0.243 e. The molecule has 0 fully saturated rings. The molecule has 24 heavy (non-hydrogen) atoms. The van der Waals surface area contributed by atoms with E-state index in [9.17, 15) is 13.2 Å². The highest BCUT2D eigenvalue weighted by Crippen LogP contribution is 2.19. The van der Waals surface area contributed by atoms with E-state index in [1.165, 1.54) is 24.3 Å². The van der Waals surface area contributed by atoms with Crippen LogP contribution in [0.5, 0.6) is 0 Å². The molecule has 0 saturated heterocycles. The molecule has 0 unspecified atom stereocenters. The van der Waals surface area contributed by atoms with Crippen molar-refractivity contribution in [3.63, 3.8) is 0 Å². The van der Waals surface area contributed by atoms with E-state index in [1.807, 2.05) is 0 Å². The van der Waals surface area contributed by atoms with Gasteiger partial charge in [0.1, 0.15) is 0 Å². The van der Waals surface area contributed by atoms with Crippen LogP contribution in [0.2, 0.25) is 10.0 Å². The molecule has 0 bridgehead atoms. The SMILES string of the molecule is CCN(CC(=O)Nc1cccc(Cl)c1)S(=O)(=O)c1ccc(Cl)cc1. The molecule has 0 radical (unpaired) electrons. The molecule has 0 aliphatic carbocycles. The number of rotatable bonds is 6. The second-order valence-electron chi connectivity index (χ2n) is 4.94. The summed E-state index contributed by atoms with van der Waals surface area (Å²) in [5.41, 5.74) is 0.507. The number of benzene rings is 2. The fourth-order valence-electron chi connectivity index (χ4n) is 2.05. The highest BCUT2D eigenvalue weighted by atomic mass is 35.5. The van der Waals surface area contributed by atoms with E-state index in [-0.39, 0.29) is 18.0 Å². The van der Waals surface area contributed by atoms with E-state index in [4.69, 9.17) is 23.2 Å². The predicted octanol–water partition coefficient (Wildman–Crippen LogP) is 3.64. The van der Waals surface area contributed by atoms with Crippen LogP contribution in [0.4, 0.5) is 5.69 Å². The van der Waals surface area contributed by atoms with E-state index in [2.05, 4.69) is 5.32 Å². The zero-order chi connectivity index (χ0) is 17.7. The lowest BCUT2D eigenvalue weighted by Gasteiger charge is -2.20. The monoisotopic (exact) mass is 386 g/mol. The van der Waals surface area contributed by atoms with Gasteiger partial charge in [0.25, 0.3) is 0 Å². The third kappa shape index (κ3) is 4.70. The van der Waals surface area contributed by atoms with Gasteiger partial charge in [-0.1, -0.05) is 36.2 Å². The Kier molecular flexibility index (Phi) is 6.23. The Balaban J connectivity index is 2.13. The third-order valence-electron chi connectivity index (χ3n) is 3.23. The molecule has 2 aromatic carbocycles. The first-order valence-corrected chi connectivity index (χ1v) is 9.33. The number of anilines is 1. The molecule has 1 amide bonds. The van der Waals surface area contributed by atoms with Crippen LogP contribution in [-0.4, -0.2) is 31.7 Å². The smallest absolute Gasteiger partial charge is 0.243 e. The number of hydrogen-bond donors (Lipinski definition) is 1. The lowest BCUT2D eigenvalue weighted by molar-refractivity contribution is -0.116. The van der Waals surface area contributed by atoms with Gasteiger partial charge in [-0.15, -0.1) is 0 Å². The zero-order valence-electron chi connectivity index (χ0n) is 12.9. The first-order valence-electron chi connectivity index (χ1n) is 7.14. The minimum absolute atomic E-state index is 0.0873. The van der Waals surface area contributed by atoms with Crippen molar-refractivity contribution in [1.82, 2.24) is 4.31 Å². The average molecular weight is 387 g/mol. The summed E-state index contributed by atoms with van der Waals surface area (Å²) >= 11 is 11.6. The minimum Gasteiger partial charge on any atom is -0.325 e. The summed E-state index contributed by atoms with van der Waals surface area (Å²) < 4.78 is 26.3. The maximum absolute atomic E-state index is 12.6. The van der Waals surface area contributed by atoms with E-state index in [0.29, 0.717) is 15.7 Å². The average Bonchev–Trinajstić information content (AvgIpc) is 2.53. The topological polar surface area (TPSA) is 66.5 Å². The predicted molar refractivity (Wildman–Crippen MR) is 96.0 cm³/mol. The summed E-state index contributed by atoms with van der Waals surface area (Å²) in [6, 6.07) is 12.4. The molecule has 128 valence electrons. The number of hydrogen-bond acceptors (Lipinski definition) is 3. The number of nitrogens with one attached hydrogen (secondary N) is 1. The van der Waals surface area contributed by atoms with Crippen molar-refractivity contribution in [2.75, 3.05) is 18.4 Å². The zero-order valence-corrected chi connectivity index (χ0v) is 15.2. The van der Waals surface area contributed by atoms with Crippen LogP contribution >= 0.6 is 23.2 Å². The van der Waals surface area contributed by atoms with E-state index >= 15 is 0 Å². The van der Waals surface area contributed by atoms with Crippen LogP contribution < -0.4 is 5.32 Å². The molecule has 8 heteroatoms. The first-order chi connectivity index (χ1) is 11.3. The summed E-state index contributed by atoms with van der Waals surface area (Å²) in [5, 5.41) is 3.55. The third-order valence-corrected chi connectivity index (χ3v) is 5.65. The molecule has 0 spiro atoms. The fraction of sp³-hybridized carbons (Fsp3) is 0.188. The van der Waals surface area contributed by atoms with Gasteiger partial charge in [-0.25, -0.2) is 8.42 Å². The molecular formula is C16H16Cl2N2O3S. The largest absolute Gasteiger partial charge is 0.325 e. The first kappa shape index (κ1) is 18.7. The minimum atomic E-state index is -3.78. The Hall–Kier alpha value is -1.60. The standard InChI is InChI=1S/C16H16Cl2N2O3S/c1-2-20(24(22,23)15-8-6-12(17)7-9-15)11-16(21)19-14-5-3-4-13(18)10-14/h3-10H,2,11H2,1H3,(H,19,21). The maximum atomic E-state index is 12.6. The molecule has 0 atom stereocenters. The van der Waals surface area contributed by atoms with Crippen molar-refractivity contribution >= 4 is 44.8 Å².